The number of hydrogen-bond acceptors (Lipinski definition) is 2. The monoisotopic (exact) mass is 175 g/mol. The fourth-order valence-corrected chi connectivity index (χ4v) is 0.979. The Balaban J connectivity index is 2.65. The number of hydrogen-bond donors (Lipinski definition) is 1. The van der Waals surface area contributed by atoms with Crippen molar-refractivity contribution in [2.45, 2.75) is 13.0 Å². The van der Waals surface area contributed by atoms with Crippen LogP contribution in [0.2, 0.25) is 0 Å². The van der Waals surface area contributed by atoms with E-state index in [1.807, 2.05) is 31.2 Å². The topological polar surface area (TPSA) is 21.3 Å². The Hall–Kier alpha value is -1.62. The second-order valence-electron chi connectivity index (χ2n) is 2.76. The van der Waals surface area contributed by atoms with Gasteiger partial charge in [0.2, 0.25) is 0 Å². The molecule has 1 aromatic carbocycles. The van der Waals surface area contributed by atoms with Gasteiger partial charge >= 0.3 is 0 Å². The van der Waals surface area contributed by atoms with E-state index >= 15 is 0 Å². The van der Waals surface area contributed by atoms with Crippen molar-refractivity contribution >= 4 is 5.69 Å². The zero-order chi connectivity index (χ0) is 9.68. The van der Waals surface area contributed by atoms with Gasteiger partial charge in [0.15, 0.2) is 0 Å². The summed E-state index contributed by atoms with van der Waals surface area (Å²) in [5.41, 5.74) is 1.01. The van der Waals surface area contributed by atoms with Crippen molar-refractivity contribution in [3.05, 3.63) is 24.3 Å². The van der Waals surface area contributed by atoms with E-state index in [-0.39, 0.29) is 6.04 Å². The summed E-state index contributed by atoms with van der Waals surface area (Å²) in [6.07, 6.45) is 5.24. The van der Waals surface area contributed by atoms with Crippen molar-refractivity contribution in [2.75, 3.05) is 12.4 Å². The van der Waals surface area contributed by atoms with Crippen molar-refractivity contribution in [3.8, 4) is 18.1 Å². The summed E-state index contributed by atoms with van der Waals surface area (Å²) in [5, 5.41) is 3.15. The molecule has 2 heteroatoms. The van der Waals surface area contributed by atoms with Gasteiger partial charge in [-0.1, -0.05) is 5.92 Å². The molecular weight excluding hydrogens is 162 g/mol. The van der Waals surface area contributed by atoms with Crippen LogP contribution in [0.5, 0.6) is 5.75 Å². The number of terminal acetylenes is 1. The van der Waals surface area contributed by atoms with Gasteiger partial charge in [-0.3, -0.25) is 0 Å². The lowest BCUT2D eigenvalue weighted by Crippen LogP contribution is -2.11. The Morgan fingerprint density at radius 1 is 1.38 bits per heavy atom. The Labute approximate surface area is 78.9 Å². The average molecular weight is 175 g/mol. The smallest absolute Gasteiger partial charge is 0.119 e. The van der Waals surface area contributed by atoms with Crippen LogP contribution < -0.4 is 10.1 Å². The summed E-state index contributed by atoms with van der Waals surface area (Å²) in [4.78, 5) is 0. The van der Waals surface area contributed by atoms with E-state index in [4.69, 9.17) is 11.2 Å². The molecule has 0 saturated carbocycles. The first-order chi connectivity index (χ1) is 6.26. The third-order valence-corrected chi connectivity index (χ3v) is 1.72. The zero-order valence-corrected chi connectivity index (χ0v) is 7.87. The van der Waals surface area contributed by atoms with Gasteiger partial charge in [-0.05, 0) is 31.2 Å². The molecule has 0 aliphatic carbocycles. The van der Waals surface area contributed by atoms with E-state index in [0.717, 1.165) is 11.4 Å². The number of methoxy groups -OCH3 is 1. The van der Waals surface area contributed by atoms with Gasteiger partial charge in [0, 0.05) is 5.69 Å². The quantitative estimate of drug-likeness (QED) is 0.710. The van der Waals surface area contributed by atoms with Crippen molar-refractivity contribution in [2.24, 2.45) is 0 Å². The van der Waals surface area contributed by atoms with E-state index in [9.17, 15) is 0 Å². The third-order valence-electron chi connectivity index (χ3n) is 1.72. The van der Waals surface area contributed by atoms with Crippen LogP contribution in [0.3, 0.4) is 0 Å². The Bertz CT molecular complexity index is 297. The summed E-state index contributed by atoms with van der Waals surface area (Å²) >= 11 is 0. The molecule has 0 aliphatic heterocycles. The molecule has 0 unspecified atom stereocenters. The first-order valence-corrected chi connectivity index (χ1v) is 4.13. The highest BCUT2D eigenvalue weighted by Gasteiger charge is 1.96. The van der Waals surface area contributed by atoms with Crippen molar-refractivity contribution in [1.29, 1.82) is 0 Å². The van der Waals surface area contributed by atoms with Crippen LogP contribution in [0.4, 0.5) is 5.69 Å². The normalized spacial score (nSPS) is 11.5. The van der Waals surface area contributed by atoms with Gasteiger partial charge in [-0.2, -0.15) is 0 Å². The molecule has 68 valence electrons. The minimum Gasteiger partial charge on any atom is -0.497 e. The predicted molar refractivity (Wildman–Crippen MR) is 54.9 cm³/mol. The Morgan fingerprint density at radius 2 is 2.00 bits per heavy atom. The third kappa shape index (κ3) is 2.72. The molecule has 1 rings (SSSR count). The molecule has 0 radical (unpaired) electrons. The lowest BCUT2D eigenvalue weighted by Gasteiger charge is -2.09. The standard InChI is InChI=1S/C11H13NO/c1-4-9(2)12-10-5-7-11(13-3)8-6-10/h1,5-9,12H,2-3H3/t9-/m0/s1. The lowest BCUT2D eigenvalue weighted by molar-refractivity contribution is 0.415. The summed E-state index contributed by atoms with van der Waals surface area (Å²) in [6.45, 7) is 1.93. The molecule has 0 fully saturated rings. The van der Waals surface area contributed by atoms with Gasteiger partial charge in [0.1, 0.15) is 5.75 Å². The number of anilines is 1. The van der Waals surface area contributed by atoms with Crippen LogP contribution >= 0.6 is 0 Å². The second-order valence-corrected chi connectivity index (χ2v) is 2.76. The second kappa shape index (κ2) is 4.42. The van der Waals surface area contributed by atoms with Gasteiger partial charge in [-0.25, -0.2) is 0 Å². The fraction of sp³-hybridized carbons (Fsp3) is 0.273. The van der Waals surface area contributed by atoms with E-state index in [2.05, 4.69) is 11.2 Å². The van der Waals surface area contributed by atoms with Gasteiger partial charge < -0.3 is 10.1 Å². The molecule has 0 saturated heterocycles. The predicted octanol–water partition coefficient (Wildman–Crippen LogP) is 2.13. The van der Waals surface area contributed by atoms with Crippen molar-refractivity contribution in [3.63, 3.8) is 0 Å². The fourth-order valence-electron chi connectivity index (χ4n) is 0.979. The number of rotatable bonds is 3. The highest BCUT2D eigenvalue weighted by Crippen LogP contribution is 2.15. The molecule has 0 bridgehead atoms. The molecule has 1 atom stereocenters. The van der Waals surface area contributed by atoms with Gasteiger partial charge in [0.05, 0.1) is 13.2 Å². The maximum atomic E-state index is 5.24. The van der Waals surface area contributed by atoms with Gasteiger partial charge in [0.25, 0.3) is 0 Å². The zero-order valence-electron chi connectivity index (χ0n) is 7.87. The number of nitrogens with one attached hydrogen (secondary N) is 1. The Kier molecular flexibility index (Phi) is 3.22. The minimum absolute atomic E-state index is 0.0494. The van der Waals surface area contributed by atoms with Crippen LogP contribution in [0.15, 0.2) is 24.3 Å². The first-order valence-electron chi connectivity index (χ1n) is 4.13. The van der Waals surface area contributed by atoms with Gasteiger partial charge in [-0.15, -0.1) is 6.42 Å². The summed E-state index contributed by atoms with van der Waals surface area (Å²) in [7, 11) is 1.65. The molecular formula is C11H13NO. The SMILES string of the molecule is C#C[C@H](C)Nc1ccc(OC)cc1. The maximum absolute atomic E-state index is 5.24. The van der Waals surface area contributed by atoms with E-state index < -0.39 is 0 Å². The maximum Gasteiger partial charge on any atom is 0.119 e. The molecule has 0 aliphatic rings. The van der Waals surface area contributed by atoms with Crippen molar-refractivity contribution in [1.82, 2.24) is 0 Å². The van der Waals surface area contributed by atoms with Crippen molar-refractivity contribution < 1.29 is 4.74 Å². The molecule has 1 N–H and O–H groups in total. The highest BCUT2D eigenvalue weighted by atomic mass is 16.5. The Morgan fingerprint density at radius 3 is 2.46 bits per heavy atom. The van der Waals surface area contributed by atoms with Crippen LogP contribution in [-0.4, -0.2) is 13.2 Å². The van der Waals surface area contributed by atoms with Crippen LogP contribution in [0, 0.1) is 12.3 Å². The molecule has 2 nitrogen and oxygen atoms in total. The largest absolute Gasteiger partial charge is 0.497 e. The number of benzene rings is 1. The number of ether oxygens (including phenoxy) is 1. The molecule has 1 aromatic rings. The lowest BCUT2D eigenvalue weighted by atomic mass is 10.2. The molecule has 0 amide bonds. The van der Waals surface area contributed by atoms with Crippen LogP contribution in [0.1, 0.15) is 6.92 Å². The van der Waals surface area contributed by atoms with E-state index in [0.29, 0.717) is 0 Å². The summed E-state index contributed by atoms with van der Waals surface area (Å²) in [6, 6.07) is 7.71. The first kappa shape index (κ1) is 9.47. The van der Waals surface area contributed by atoms with E-state index in [1.165, 1.54) is 0 Å². The molecule has 0 spiro atoms. The van der Waals surface area contributed by atoms with Crippen LogP contribution in [0.25, 0.3) is 0 Å². The van der Waals surface area contributed by atoms with E-state index in [1.54, 1.807) is 7.11 Å². The summed E-state index contributed by atoms with van der Waals surface area (Å²) < 4.78 is 5.03. The molecule has 13 heavy (non-hydrogen) atoms. The average Bonchev–Trinajstić information content (AvgIpc) is 2.19. The van der Waals surface area contributed by atoms with Crippen LogP contribution in [-0.2, 0) is 0 Å². The highest BCUT2D eigenvalue weighted by molar-refractivity contribution is 5.48. The molecule has 0 heterocycles. The minimum atomic E-state index is 0.0494. The molecule has 0 aromatic heterocycles. The summed E-state index contributed by atoms with van der Waals surface area (Å²) in [5.74, 6) is 3.45.